The van der Waals surface area contributed by atoms with Gasteiger partial charge in [0.15, 0.2) is 17.2 Å². The first-order valence-corrected chi connectivity index (χ1v) is 7.52. The molecule has 9 nitrogen and oxygen atoms in total. The van der Waals surface area contributed by atoms with Gasteiger partial charge in [-0.15, -0.1) is 10.2 Å². The summed E-state index contributed by atoms with van der Waals surface area (Å²) in [7, 11) is 0. The minimum Gasteiger partial charge on any atom is -0.493 e. The van der Waals surface area contributed by atoms with E-state index in [1.54, 1.807) is 12.1 Å². The average molecular weight is 330 g/mol. The van der Waals surface area contributed by atoms with Crippen LogP contribution in [0.5, 0.6) is 17.4 Å². The highest BCUT2D eigenvalue weighted by atomic mass is 16.6. The van der Waals surface area contributed by atoms with Crippen molar-refractivity contribution in [1.29, 1.82) is 0 Å². The molecule has 1 fully saturated rings. The highest BCUT2D eigenvalue weighted by Crippen LogP contribution is 2.42. The number of fused-ring (bicyclic) bond motifs is 2. The Bertz CT molecular complexity index is 868. The summed E-state index contributed by atoms with van der Waals surface area (Å²) in [5, 5.41) is 20.1. The molecule has 1 aliphatic heterocycles. The minimum absolute atomic E-state index is 0.0572. The molecule has 0 spiro atoms. The zero-order valence-electron chi connectivity index (χ0n) is 12.5. The van der Waals surface area contributed by atoms with Gasteiger partial charge in [-0.05, 0) is 18.9 Å². The molecule has 4 rings (SSSR count). The van der Waals surface area contributed by atoms with Crippen molar-refractivity contribution in [2.24, 2.45) is 10.2 Å². The lowest BCUT2D eigenvalue weighted by Crippen LogP contribution is -2.31. The van der Waals surface area contributed by atoms with E-state index in [0.29, 0.717) is 35.6 Å². The van der Waals surface area contributed by atoms with E-state index in [2.05, 4.69) is 20.5 Å². The topological polar surface area (TPSA) is 125 Å². The molecule has 0 radical (unpaired) electrons. The predicted molar refractivity (Wildman–Crippen MR) is 81.6 cm³/mol. The number of aromatic amines is 1. The van der Waals surface area contributed by atoms with Gasteiger partial charge in [-0.2, -0.15) is 0 Å². The molecular formula is C15H14N4O5. The molecule has 2 aromatic rings. The fraction of sp³-hybridized carbons (Fsp3) is 0.333. The van der Waals surface area contributed by atoms with Crippen LogP contribution >= 0.6 is 0 Å². The maximum absolute atomic E-state index is 11.7. The molecule has 124 valence electrons. The van der Waals surface area contributed by atoms with E-state index in [4.69, 9.17) is 9.47 Å². The van der Waals surface area contributed by atoms with Gasteiger partial charge in [-0.1, -0.05) is 0 Å². The molecule has 2 amide bonds. The molecule has 2 heterocycles. The van der Waals surface area contributed by atoms with Crippen LogP contribution in [0.3, 0.4) is 0 Å². The van der Waals surface area contributed by atoms with Crippen LogP contribution in [0, 0.1) is 0 Å². The van der Waals surface area contributed by atoms with Gasteiger partial charge in [-0.3, -0.25) is 9.59 Å². The van der Waals surface area contributed by atoms with Crippen LogP contribution in [0.15, 0.2) is 22.4 Å². The molecule has 9 heteroatoms. The second kappa shape index (κ2) is 5.52. The Morgan fingerprint density at radius 1 is 1.21 bits per heavy atom. The van der Waals surface area contributed by atoms with Crippen molar-refractivity contribution >= 4 is 28.4 Å². The molecule has 2 aliphatic rings. The van der Waals surface area contributed by atoms with Crippen LogP contribution in [-0.4, -0.2) is 41.2 Å². The van der Waals surface area contributed by atoms with Gasteiger partial charge in [0.2, 0.25) is 5.88 Å². The summed E-state index contributed by atoms with van der Waals surface area (Å²) in [6.45, 7) is 0.869. The predicted octanol–water partition coefficient (Wildman–Crippen LogP) is 1.53. The Hall–Kier alpha value is -3.10. The van der Waals surface area contributed by atoms with Gasteiger partial charge >= 0.3 is 11.8 Å². The van der Waals surface area contributed by atoms with E-state index in [-0.39, 0.29) is 17.6 Å². The number of hydrogen-bond donors (Lipinski definition) is 3. The van der Waals surface area contributed by atoms with Crippen molar-refractivity contribution in [2.75, 3.05) is 13.2 Å². The second-order valence-corrected chi connectivity index (χ2v) is 5.62. The number of benzene rings is 1. The van der Waals surface area contributed by atoms with Crippen molar-refractivity contribution in [3.8, 4) is 17.4 Å². The van der Waals surface area contributed by atoms with E-state index in [1.807, 2.05) is 0 Å². The lowest BCUT2D eigenvalue weighted by molar-refractivity contribution is -0.137. The monoisotopic (exact) mass is 330 g/mol. The SMILES string of the molecule is O=C(N=Nc1c(O)[nH]c2cc3c(cc12)OCCO3)C(=O)NC1CC1. The van der Waals surface area contributed by atoms with Crippen LogP contribution < -0.4 is 14.8 Å². The molecule has 0 saturated heterocycles. The Kier molecular flexibility index (Phi) is 3.33. The third-order valence-corrected chi connectivity index (χ3v) is 3.76. The summed E-state index contributed by atoms with van der Waals surface area (Å²) in [5.41, 5.74) is 0.620. The molecule has 3 N–H and O–H groups in total. The second-order valence-electron chi connectivity index (χ2n) is 5.62. The number of aromatic hydroxyl groups is 1. The minimum atomic E-state index is -1.01. The number of aromatic nitrogens is 1. The maximum Gasteiger partial charge on any atom is 0.353 e. The molecule has 1 aliphatic carbocycles. The molecule has 24 heavy (non-hydrogen) atoms. The van der Waals surface area contributed by atoms with Crippen LogP contribution in [0.1, 0.15) is 12.8 Å². The van der Waals surface area contributed by atoms with E-state index >= 15 is 0 Å². The summed E-state index contributed by atoms with van der Waals surface area (Å²) < 4.78 is 11.0. The molecule has 1 aromatic carbocycles. The van der Waals surface area contributed by atoms with Crippen LogP contribution in [0.25, 0.3) is 10.9 Å². The molecule has 1 saturated carbocycles. The Labute approximate surface area is 135 Å². The van der Waals surface area contributed by atoms with Crippen molar-refractivity contribution in [1.82, 2.24) is 10.3 Å². The van der Waals surface area contributed by atoms with Gasteiger partial charge in [0.1, 0.15) is 13.2 Å². The molecule has 0 unspecified atom stereocenters. The van der Waals surface area contributed by atoms with Gasteiger partial charge in [-0.25, -0.2) is 0 Å². The normalized spacial score (nSPS) is 16.5. The number of hydrogen-bond acceptors (Lipinski definition) is 6. The van der Waals surface area contributed by atoms with Gasteiger partial charge < -0.3 is 24.9 Å². The van der Waals surface area contributed by atoms with E-state index in [0.717, 1.165) is 12.8 Å². The van der Waals surface area contributed by atoms with E-state index < -0.39 is 11.8 Å². The first kappa shape index (κ1) is 14.5. The fourth-order valence-electron chi connectivity index (χ4n) is 2.42. The van der Waals surface area contributed by atoms with Crippen molar-refractivity contribution in [3.05, 3.63) is 12.1 Å². The summed E-state index contributed by atoms with van der Waals surface area (Å²) in [6, 6.07) is 3.37. The zero-order valence-corrected chi connectivity index (χ0v) is 12.5. The van der Waals surface area contributed by atoms with Crippen molar-refractivity contribution < 1.29 is 24.2 Å². The largest absolute Gasteiger partial charge is 0.493 e. The van der Waals surface area contributed by atoms with Gasteiger partial charge in [0, 0.05) is 17.5 Å². The summed E-state index contributed by atoms with van der Waals surface area (Å²) in [4.78, 5) is 26.0. The summed E-state index contributed by atoms with van der Waals surface area (Å²) in [5.74, 6) is -0.991. The Morgan fingerprint density at radius 2 is 1.92 bits per heavy atom. The quantitative estimate of drug-likeness (QED) is 0.569. The average Bonchev–Trinajstić information content (AvgIpc) is 3.33. The van der Waals surface area contributed by atoms with E-state index in [1.165, 1.54) is 0 Å². The first-order chi connectivity index (χ1) is 11.6. The number of H-pyrrole nitrogens is 1. The number of rotatable bonds is 2. The van der Waals surface area contributed by atoms with E-state index in [9.17, 15) is 14.7 Å². The third kappa shape index (κ3) is 2.64. The smallest absolute Gasteiger partial charge is 0.353 e. The third-order valence-electron chi connectivity index (χ3n) is 3.76. The maximum atomic E-state index is 11.7. The highest BCUT2D eigenvalue weighted by molar-refractivity contribution is 6.35. The lowest BCUT2D eigenvalue weighted by atomic mass is 10.2. The highest BCUT2D eigenvalue weighted by Gasteiger charge is 2.26. The molecule has 1 aromatic heterocycles. The van der Waals surface area contributed by atoms with Crippen molar-refractivity contribution in [2.45, 2.75) is 18.9 Å². The number of azo groups is 1. The molecule has 0 bridgehead atoms. The summed E-state index contributed by atoms with van der Waals surface area (Å²) in [6.07, 6.45) is 1.74. The Balaban J connectivity index is 1.63. The number of carbonyl (C=O) groups excluding carboxylic acids is 2. The molecule has 0 atom stereocenters. The fourth-order valence-corrected chi connectivity index (χ4v) is 2.42. The van der Waals surface area contributed by atoms with Gasteiger partial charge in [0.25, 0.3) is 0 Å². The molecular weight excluding hydrogens is 316 g/mol. The number of nitrogens with one attached hydrogen (secondary N) is 2. The number of carbonyl (C=O) groups is 2. The number of amides is 2. The van der Waals surface area contributed by atoms with Crippen LogP contribution in [0.4, 0.5) is 5.69 Å². The Morgan fingerprint density at radius 3 is 2.62 bits per heavy atom. The number of nitrogens with zero attached hydrogens (tertiary/aromatic N) is 2. The standard InChI is InChI=1S/C15H14N4O5/c20-13-12(18-19-15(22)14(21)16-7-1-2-7)8-5-10-11(6-9(8)17-13)24-4-3-23-10/h5-7,17,20H,1-4H2,(H,16,21). The lowest BCUT2D eigenvalue weighted by Gasteiger charge is -2.17. The zero-order chi connectivity index (χ0) is 16.7. The summed E-state index contributed by atoms with van der Waals surface area (Å²) >= 11 is 0. The van der Waals surface area contributed by atoms with Crippen LogP contribution in [0.2, 0.25) is 0 Å². The van der Waals surface area contributed by atoms with Gasteiger partial charge in [0.05, 0.1) is 5.52 Å². The number of ether oxygens (including phenoxy) is 2. The van der Waals surface area contributed by atoms with Crippen molar-refractivity contribution in [3.63, 3.8) is 0 Å². The first-order valence-electron chi connectivity index (χ1n) is 7.52. The van der Waals surface area contributed by atoms with Crippen LogP contribution in [-0.2, 0) is 9.59 Å².